The summed E-state index contributed by atoms with van der Waals surface area (Å²) in [4.78, 5) is 29.4. The fourth-order valence-electron chi connectivity index (χ4n) is 3.34. The van der Waals surface area contributed by atoms with Crippen LogP contribution in [0.15, 0.2) is 63.9 Å². The first kappa shape index (κ1) is 25.1. The summed E-state index contributed by atoms with van der Waals surface area (Å²) in [7, 11) is -3.86. The molecule has 4 aromatic rings. The zero-order chi connectivity index (χ0) is 25.3. The van der Waals surface area contributed by atoms with Crippen LogP contribution >= 0.6 is 22.9 Å². The van der Waals surface area contributed by atoms with E-state index >= 15 is 0 Å². The van der Waals surface area contributed by atoms with E-state index in [1.54, 1.807) is 0 Å². The van der Waals surface area contributed by atoms with Gasteiger partial charge < -0.3 is 0 Å². The summed E-state index contributed by atoms with van der Waals surface area (Å²) in [5.74, 6) is -2.21. The van der Waals surface area contributed by atoms with Crippen LogP contribution in [0.3, 0.4) is 0 Å². The van der Waals surface area contributed by atoms with Crippen LogP contribution < -0.4 is 10.3 Å². The monoisotopic (exact) mass is 555 g/mol. The van der Waals surface area contributed by atoms with Crippen LogP contribution in [-0.2, 0) is 32.3 Å². The third kappa shape index (κ3) is 5.65. The number of carbonyl (C=O) groups excluding carboxylic acids is 1. The van der Waals surface area contributed by atoms with E-state index in [1.165, 1.54) is 42.5 Å². The minimum atomic E-state index is -3.86. The van der Waals surface area contributed by atoms with Crippen LogP contribution in [0.25, 0.3) is 16.6 Å². The van der Waals surface area contributed by atoms with Crippen molar-refractivity contribution in [3.05, 3.63) is 80.9 Å². The highest BCUT2D eigenvalue weighted by atomic mass is 35.5. The summed E-state index contributed by atoms with van der Waals surface area (Å²) in [6.07, 6.45) is 0.817. The molecule has 2 heterocycles. The molecule has 0 aliphatic rings. The second-order valence-corrected chi connectivity index (χ2v) is 12.0. The number of thiophene rings is 1. The van der Waals surface area contributed by atoms with Crippen molar-refractivity contribution in [3.63, 3.8) is 0 Å². The van der Waals surface area contributed by atoms with E-state index in [-0.39, 0.29) is 37.3 Å². The molecule has 0 saturated heterocycles. The summed E-state index contributed by atoms with van der Waals surface area (Å²) in [5, 5.41) is 0.0838. The zero-order valence-electron chi connectivity index (χ0n) is 17.5. The number of Topliss-reactive ketones (excluding diaryl/α,β-unsaturated/α-hetero) is 1. The number of nitrogens with zero attached hydrogens (tertiary/aromatic N) is 2. The average Bonchev–Trinajstić information content (AvgIpc) is 3.22. The first-order chi connectivity index (χ1) is 16.5. The summed E-state index contributed by atoms with van der Waals surface area (Å²) in [6.45, 7) is 0. The molecule has 4 rings (SSSR count). The van der Waals surface area contributed by atoms with Crippen LogP contribution in [0.5, 0.6) is 0 Å². The predicted molar refractivity (Wildman–Crippen MR) is 132 cm³/mol. The maximum absolute atomic E-state index is 14.9. The third-order valence-corrected chi connectivity index (χ3v) is 8.74. The van der Waals surface area contributed by atoms with Gasteiger partial charge in [0.2, 0.25) is 0 Å². The van der Waals surface area contributed by atoms with Crippen molar-refractivity contribution in [3.8, 4) is 5.69 Å². The Morgan fingerprint density at radius 2 is 1.97 bits per heavy atom. The van der Waals surface area contributed by atoms with Gasteiger partial charge in [-0.1, -0.05) is 17.7 Å². The molecular weight excluding hydrogens is 541 g/mol. The highest BCUT2D eigenvalue weighted by Crippen LogP contribution is 2.26. The van der Waals surface area contributed by atoms with E-state index in [0.29, 0.717) is 5.52 Å². The topological polar surface area (TPSA) is 135 Å². The van der Waals surface area contributed by atoms with Crippen LogP contribution in [0.1, 0.15) is 5.56 Å². The highest BCUT2D eigenvalue weighted by molar-refractivity contribution is 7.94. The molecule has 2 aromatic heterocycles. The van der Waals surface area contributed by atoms with Gasteiger partial charge in [0, 0.05) is 12.1 Å². The van der Waals surface area contributed by atoms with Gasteiger partial charge in [0.25, 0.3) is 16.8 Å². The summed E-state index contributed by atoms with van der Waals surface area (Å²) >= 11 is 4.26. The van der Waals surface area contributed by atoms with Crippen molar-refractivity contribution in [1.29, 1.82) is 0 Å². The Labute approximate surface area is 209 Å². The van der Waals surface area contributed by atoms with E-state index in [1.807, 2.05) is 0 Å². The molecule has 0 spiro atoms. The molecule has 0 aliphatic heterocycles. The first-order valence-corrected chi connectivity index (χ1v) is 13.7. The molecule has 1 atom stereocenters. The first-order valence-electron chi connectivity index (χ1n) is 9.71. The van der Waals surface area contributed by atoms with E-state index in [0.717, 1.165) is 28.3 Å². The number of hydrogen-bond donors (Lipinski definition) is 2. The van der Waals surface area contributed by atoms with Crippen molar-refractivity contribution >= 4 is 66.4 Å². The number of halogens is 2. The maximum Gasteiger partial charge on any atom is 0.265 e. The molecule has 0 fully saturated rings. The molecule has 1 unspecified atom stereocenters. The van der Waals surface area contributed by atoms with Crippen LogP contribution in [0, 0.1) is 5.82 Å². The zero-order valence-corrected chi connectivity index (χ0v) is 20.7. The van der Waals surface area contributed by atoms with Gasteiger partial charge in [-0.05, 0) is 48.0 Å². The summed E-state index contributed by atoms with van der Waals surface area (Å²) in [5.41, 5.74) is -0.0220. The lowest BCUT2D eigenvalue weighted by Crippen LogP contribution is -2.20. The number of sulfone groups is 1. The molecule has 2 N–H and O–H groups in total. The Hall–Kier alpha value is -2.97. The van der Waals surface area contributed by atoms with Crippen molar-refractivity contribution < 1.29 is 26.4 Å². The molecule has 35 heavy (non-hydrogen) atoms. The Morgan fingerprint density at radius 1 is 1.20 bits per heavy atom. The Kier molecular flexibility index (Phi) is 7.15. The number of anilines is 1. The lowest BCUT2D eigenvalue weighted by molar-refractivity contribution is -0.116. The number of benzene rings is 2. The Balaban J connectivity index is 1.58. The minimum absolute atomic E-state index is 0.0239. The minimum Gasteiger partial charge on any atom is -0.298 e. The summed E-state index contributed by atoms with van der Waals surface area (Å²) < 4.78 is 63.0. The molecule has 0 bridgehead atoms. The van der Waals surface area contributed by atoms with Gasteiger partial charge in [0.1, 0.15) is 22.1 Å². The average molecular weight is 556 g/mol. The van der Waals surface area contributed by atoms with Crippen molar-refractivity contribution in [1.82, 2.24) is 9.55 Å². The van der Waals surface area contributed by atoms with E-state index in [4.69, 9.17) is 16.2 Å². The van der Waals surface area contributed by atoms with Gasteiger partial charge in [0.05, 0.1) is 20.9 Å². The maximum atomic E-state index is 14.9. The molecule has 0 amide bonds. The molecule has 2 aromatic carbocycles. The molecule has 14 heteroatoms. The number of aromatic nitrogens is 2. The van der Waals surface area contributed by atoms with Crippen LogP contribution in [0.4, 0.5) is 10.1 Å². The second kappa shape index (κ2) is 9.95. The number of fused-ring (bicyclic) bond motifs is 1. The summed E-state index contributed by atoms with van der Waals surface area (Å²) in [6, 6.07) is 10.7. The number of rotatable bonds is 8. The van der Waals surface area contributed by atoms with Gasteiger partial charge in [-0.25, -0.2) is 22.0 Å². The molecular formula is C21H15ClFN3O6S3. The molecule has 0 saturated carbocycles. The Morgan fingerprint density at radius 3 is 2.63 bits per heavy atom. The normalized spacial score (nSPS) is 12.5. The Bertz CT molecular complexity index is 1650. The molecule has 0 aliphatic carbocycles. The lowest BCUT2D eigenvalue weighted by atomic mass is 10.1. The van der Waals surface area contributed by atoms with Crippen molar-refractivity contribution in [2.45, 2.75) is 10.6 Å². The molecule has 0 radical (unpaired) electrons. The third-order valence-electron chi connectivity index (χ3n) is 4.84. The van der Waals surface area contributed by atoms with Gasteiger partial charge in [0.15, 0.2) is 15.6 Å². The van der Waals surface area contributed by atoms with Crippen molar-refractivity contribution in [2.24, 2.45) is 0 Å². The molecule has 182 valence electrons. The quantitative estimate of drug-likeness (QED) is 0.318. The van der Waals surface area contributed by atoms with Crippen molar-refractivity contribution in [2.75, 3.05) is 10.5 Å². The largest absolute Gasteiger partial charge is 0.298 e. The highest BCUT2D eigenvalue weighted by Gasteiger charge is 2.22. The van der Waals surface area contributed by atoms with Crippen LogP contribution in [0.2, 0.25) is 4.34 Å². The number of ketones is 1. The van der Waals surface area contributed by atoms with E-state index in [2.05, 4.69) is 9.71 Å². The van der Waals surface area contributed by atoms with Gasteiger partial charge >= 0.3 is 0 Å². The van der Waals surface area contributed by atoms with Crippen LogP contribution in [-0.4, -0.2) is 38.3 Å². The van der Waals surface area contributed by atoms with E-state index in [9.17, 15) is 26.6 Å². The number of nitrogens with one attached hydrogen (secondary N) is 1. The smallest absolute Gasteiger partial charge is 0.265 e. The van der Waals surface area contributed by atoms with Gasteiger partial charge in [-0.3, -0.25) is 23.4 Å². The predicted octanol–water partition coefficient (Wildman–Crippen LogP) is 3.37. The molecule has 9 nitrogen and oxygen atoms in total. The fourth-order valence-corrected chi connectivity index (χ4v) is 6.48. The fraction of sp³-hybridized carbons (Fsp3) is 0.0952. The second-order valence-electron chi connectivity index (χ2n) is 7.32. The van der Waals surface area contributed by atoms with Gasteiger partial charge in [-0.2, -0.15) is 0 Å². The number of hydrogen-bond acceptors (Lipinski definition) is 7. The number of carbonyl (C=O) groups is 1. The lowest BCUT2D eigenvalue weighted by Gasteiger charge is -2.10. The van der Waals surface area contributed by atoms with Gasteiger partial charge in [-0.15, -0.1) is 11.3 Å². The van der Waals surface area contributed by atoms with E-state index < -0.39 is 44.0 Å². The standard InChI is InChI=1S/C21H15ClFN3O6S3/c22-19-5-6-20(33-19)35(31,32)10-14(27)7-12-1-4-18(16(23)8-12)26-11-24-17-3-2-13(25-34(29)30)9-15(17)21(26)28/h1-6,8-9,11,25H,7,10H2,(H,29,30). The SMILES string of the molecule is O=C(Cc1ccc(-n2cnc3ccc(NS(=O)O)cc3c2=O)c(F)c1)CS(=O)(=O)c1ccc(Cl)s1.